The van der Waals surface area contributed by atoms with Crippen molar-refractivity contribution >= 4 is 17.5 Å². The summed E-state index contributed by atoms with van der Waals surface area (Å²) in [6.45, 7) is 0. The van der Waals surface area contributed by atoms with E-state index in [1.807, 2.05) is 0 Å². The maximum absolute atomic E-state index is 11.1. The molecule has 1 aromatic heterocycles. The van der Waals surface area contributed by atoms with Gasteiger partial charge < -0.3 is 10.4 Å². The average molecular weight is 289 g/mol. The lowest BCUT2D eigenvalue weighted by molar-refractivity contribution is -0.385. The Hall–Kier alpha value is -2.18. The predicted molar refractivity (Wildman–Crippen MR) is 73.1 cm³/mol. The molecule has 0 saturated heterocycles. The highest BCUT2D eigenvalue weighted by Gasteiger charge is 2.65. The van der Waals surface area contributed by atoms with Gasteiger partial charge >= 0.3 is 11.7 Å². The van der Waals surface area contributed by atoms with Crippen LogP contribution in [0.2, 0.25) is 0 Å². The molecular formula is C14H15N3O4. The van der Waals surface area contributed by atoms with Crippen molar-refractivity contribution in [1.82, 2.24) is 4.98 Å². The first-order valence-corrected chi connectivity index (χ1v) is 7.20. The van der Waals surface area contributed by atoms with Crippen LogP contribution in [-0.4, -0.2) is 27.0 Å². The van der Waals surface area contributed by atoms with E-state index in [9.17, 15) is 14.9 Å². The van der Waals surface area contributed by atoms with Crippen LogP contribution in [0.4, 0.5) is 11.5 Å². The molecule has 2 bridgehead atoms. The van der Waals surface area contributed by atoms with Crippen molar-refractivity contribution in [3.05, 3.63) is 27.9 Å². The van der Waals surface area contributed by atoms with Gasteiger partial charge in [0.25, 0.3) is 0 Å². The second kappa shape index (κ2) is 4.16. The van der Waals surface area contributed by atoms with Crippen molar-refractivity contribution in [2.24, 2.45) is 23.7 Å². The van der Waals surface area contributed by atoms with E-state index in [0.29, 0.717) is 23.7 Å². The van der Waals surface area contributed by atoms with Crippen molar-refractivity contribution in [2.75, 3.05) is 5.32 Å². The maximum atomic E-state index is 11.1. The Morgan fingerprint density at radius 3 is 2.62 bits per heavy atom. The average Bonchev–Trinajstić information content (AvgIpc) is 2.83. The minimum absolute atomic E-state index is 0.314. The maximum Gasteiger partial charge on any atom is 0.342 e. The molecule has 3 aliphatic carbocycles. The monoisotopic (exact) mass is 289 g/mol. The Bertz CT molecular complexity index is 631. The van der Waals surface area contributed by atoms with E-state index >= 15 is 0 Å². The molecule has 3 fully saturated rings. The highest BCUT2D eigenvalue weighted by molar-refractivity contribution is 5.93. The van der Waals surface area contributed by atoms with Crippen LogP contribution in [0.3, 0.4) is 0 Å². The van der Waals surface area contributed by atoms with Crippen molar-refractivity contribution in [3.63, 3.8) is 0 Å². The van der Waals surface area contributed by atoms with Crippen LogP contribution in [0.1, 0.15) is 29.6 Å². The number of nitro groups is 1. The van der Waals surface area contributed by atoms with Crippen LogP contribution < -0.4 is 5.32 Å². The number of rotatable bonds is 4. The number of pyridine rings is 1. The second-order valence-electron chi connectivity index (χ2n) is 6.31. The number of nitrogens with zero attached hydrogens (tertiary/aromatic N) is 2. The van der Waals surface area contributed by atoms with Gasteiger partial charge in [0.05, 0.1) is 4.92 Å². The van der Waals surface area contributed by atoms with Crippen LogP contribution in [0.25, 0.3) is 0 Å². The van der Waals surface area contributed by atoms with Gasteiger partial charge in [-0.2, -0.15) is 0 Å². The summed E-state index contributed by atoms with van der Waals surface area (Å²) < 4.78 is 0. The Labute approximate surface area is 120 Å². The SMILES string of the molecule is O=C(O)c1cc(NC2C3C4CCC(C4)C23)ncc1[N+](=O)[O-]. The summed E-state index contributed by atoms with van der Waals surface area (Å²) in [5.41, 5.74) is -0.782. The Balaban J connectivity index is 1.55. The van der Waals surface area contributed by atoms with Gasteiger partial charge in [-0.05, 0) is 42.9 Å². The minimum atomic E-state index is -1.30. The van der Waals surface area contributed by atoms with E-state index in [2.05, 4.69) is 10.3 Å². The molecule has 7 heteroatoms. The number of nitrogens with one attached hydrogen (secondary N) is 1. The van der Waals surface area contributed by atoms with Crippen molar-refractivity contribution in [2.45, 2.75) is 25.3 Å². The van der Waals surface area contributed by atoms with Gasteiger partial charge in [-0.15, -0.1) is 0 Å². The zero-order valence-corrected chi connectivity index (χ0v) is 11.2. The third-order valence-corrected chi connectivity index (χ3v) is 5.36. The summed E-state index contributed by atoms with van der Waals surface area (Å²) in [6.07, 6.45) is 4.97. The fraction of sp³-hybridized carbons (Fsp3) is 0.571. The normalized spacial score (nSPS) is 35.3. The second-order valence-corrected chi connectivity index (χ2v) is 6.31. The third kappa shape index (κ3) is 1.80. The summed E-state index contributed by atoms with van der Waals surface area (Å²) in [5, 5.41) is 23.2. The quantitative estimate of drug-likeness (QED) is 0.650. The molecule has 4 unspecified atom stereocenters. The molecule has 4 atom stereocenters. The molecule has 0 spiro atoms. The van der Waals surface area contributed by atoms with Gasteiger partial charge in [0.2, 0.25) is 0 Å². The summed E-state index contributed by atoms with van der Waals surface area (Å²) in [6, 6.07) is 1.64. The summed E-state index contributed by atoms with van der Waals surface area (Å²) in [4.78, 5) is 25.2. The topological polar surface area (TPSA) is 105 Å². The molecule has 0 aliphatic heterocycles. The standard InChI is InChI=1S/C14H15N3O4/c18-14(19)8-4-10(15-5-9(8)17(20)21)16-13-11-6-1-2-7(3-6)12(11)13/h4-7,11-13H,1-3H2,(H,15,16)(H,18,19). The fourth-order valence-electron chi connectivity index (χ4n) is 4.53. The number of aromatic carboxylic acids is 1. The smallest absolute Gasteiger partial charge is 0.342 e. The number of carboxylic acids is 1. The highest BCUT2D eigenvalue weighted by atomic mass is 16.6. The molecule has 7 nitrogen and oxygen atoms in total. The van der Waals surface area contributed by atoms with E-state index in [1.54, 1.807) is 0 Å². The zero-order chi connectivity index (χ0) is 14.7. The Kier molecular flexibility index (Phi) is 2.49. The van der Waals surface area contributed by atoms with Crippen molar-refractivity contribution in [1.29, 1.82) is 0 Å². The Morgan fingerprint density at radius 2 is 2.05 bits per heavy atom. The van der Waals surface area contributed by atoms with Gasteiger partial charge in [-0.1, -0.05) is 0 Å². The summed E-state index contributed by atoms with van der Waals surface area (Å²) in [5.74, 6) is 2.10. The number of hydrogen-bond acceptors (Lipinski definition) is 5. The molecule has 0 radical (unpaired) electrons. The van der Waals surface area contributed by atoms with E-state index in [-0.39, 0.29) is 5.56 Å². The molecule has 21 heavy (non-hydrogen) atoms. The molecule has 4 rings (SSSR count). The molecule has 3 saturated carbocycles. The molecular weight excluding hydrogens is 274 g/mol. The first-order valence-electron chi connectivity index (χ1n) is 7.20. The number of fused-ring (bicyclic) bond motifs is 5. The fourth-order valence-corrected chi connectivity index (χ4v) is 4.53. The zero-order valence-electron chi connectivity index (χ0n) is 11.2. The predicted octanol–water partition coefficient (Wildman–Crippen LogP) is 2.14. The van der Waals surface area contributed by atoms with E-state index < -0.39 is 16.6 Å². The molecule has 2 N–H and O–H groups in total. The highest BCUT2D eigenvalue weighted by Crippen LogP contribution is 2.66. The first-order chi connectivity index (χ1) is 10.1. The van der Waals surface area contributed by atoms with E-state index in [1.165, 1.54) is 25.3 Å². The number of aromatic nitrogens is 1. The minimum Gasteiger partial charge on any atom is -0.477 e. The van der Waals surface area contributed by atoms with Gasteiger partial charge in [-0.3, -0.25) is 10.1 Å². The number of carbonyl (C=O) groups is 1. The summed E-state index contributed by atoms with van der Waals surface area (Å²) >= 11 is 0. The van der Waals surface area contributed by atoms with Gasteiger partial charge in [-0.25, -0.2) is 9.78 Å². The lowest BCUT2D eigenvalue weighted by Crippen LogP contribution is -2.14. The van der Waals surface area contributed by atoms with Crippen molar-refractivity contribution < 1.29 is 14.8 Å². The molecule has 0 aromatic carbocycles. The molecule has 3 aliphatic rings. The first kappa shape index (κ1) is 12.6. The van der Waals surface area contributed by atoms with Gasteiger partial charge in [0.1, 0.15) is 17.6 Å². The lowest BCUT2D eigenvalue weighted by atomic mass is 10.0. The van der Waals surface area contributed by atoms with Crippen LogP contribution in [-0.2, 0) is 0 Å². The largest absolute Gasteiger partial charge is 0.477 e. The number of carboxylic acid groups (broad SMARTS) is 1. The molecule has 1 aromatic rings. The van der Waals surface area contributed by atoms with Crippen molar-refractivity contribution in [3.8, 4) is 0 Å². The van der Waals surface area contributed by atoms with E-state index in [4.69, 9.17) is 5.11 Å². The summed E-state index contributed by atoms with van der Waals surface area (Å²) in [7, 11) is 0. The van der Waals surface area contributed by atoms with E-state index in [0.717, 1.165) is 18.0 Å². The Morgan fingerprint density at radius 1 is 1.38 bits per heavy atom. The number of hydrogen-bond donors (Lipinski definition) is 2. The van der Waals surface area contributed by atoms with Crippen LogP contribution >= 0.6 is 0 Å². The molecule has 1 heterocycles. The lowest BCUT2D eigenvalue weighted by Gasteiger charge is -2.11. The van der Waals surface area contributed by atoms with Crippen LogP contribution in [0.5, 0.6) is 0 Å². The number of anilines is 1. The van der Waals surface area contributed by atoms with Crippen LogP contribution in [0.15, 0.2) is 12.3 Å². The molecule has 0 amide bonds. The van der Waals surface area contributed by atoms with Gasteiger partial charge in [0.15, 0.2) is 0 Å². The third-order valence-electron chi connectivity index (χ3n) is 5.36. The van der Waals surface area contributed by atoms with Gasteiger partial charge in [0, 0.05) is 12.1 Å². The van der Waals surface area contributed by atoms with Crippen LogP contribution in [0, 0.1) is 33.8 Å². The molecule has 110 valence electrons.